The SMILES string of the molecule is CCCCCCCC/C=C/CCCCCCCC(=O)OC(COC(=O)C(C)CCCCCCCCCCCCC)COP(=O)(O)OCC(O)CO. The normalized spacial score (nSPS) is 14.7. The molecule has 51 heavy (non-hydrogen) atoms. The number of aliphatic hydroxyl groups is 2. The van der Waals surface area contributed by atoms with Gasteiger partial charge >= 0.3 is 19.8 Å². The summed E-state index contributed by atoms with van der Waals surface area (Å²) in [4.78, 5) is 35.3. The third kappa shape index (κ3) is 34.2. The minimum Gasteiger partial charge on any atom is -0.461 e. The number of esters is 2. The second kappa shape index (κ2) is 35.7. The van der Waals surface area contributed by atoms with Crippen molar-refractivity contribution in [2.75, 3.05) is 26.4 Å². The molecule has 4 unspecified atom stereocenters. The lowest BCUT2D eigenvalue weighted by molar-refractivity contribution is -0.163. The molecule has 0 saturated carbocycles. The van der Waals surface area contributed by atoms with Crippen molar-refractivity contribution in [1.29, 1.82) is 0 Å². The number of phosphoric ester groups is 1. The van der Waals surface area contributed by atoms with E-state index in [0.29, 0.717) is 12.8 Å². The van der Waals surface area contributed by atoms with E-state index in [-0.39, 0.29) is 18.9 Å². The van der Waals surface area contributed by atoms with Gasteiger partial charge in [-0.2, -0.15) is 0 Å². The number of aliphatic hydroxyl groups excluding tert-OH is 2. The molecule has 0 amide bonds. The number of carbonyl (C=O) groups is 2. The summed E-state index contributed by atoms with van der Waals surface area (Å²) < 4.78 is 32.8. The summed E-state index contributed by atoms with van der Waals surface area (Å²) in [7, 11) is -4.62. The van der Waals surface area contributed by atoms with Gasteiger partial charge in [0.1, 0.15) is 12.7 Å². The maximum absolute atomic E-state index is 12.7. The molecule has 0 aromatic heterocycles. The predicted octanol–water partition coefficient (Wildman–Crippen LogP) is 10.3. The first-order chi connectivity index (χ1) is 24.6. The maximum Gasteiger partial charge on any atom is 0.472 e. The molecule has 0 aliphatic rings. The zero-order valence-electron chi connectivity index (χ0n) is 32.7. The molecular weight excluding hydrogens is 671 g/mol. The molecule has 0 saturated heterocycles. The van der Waals surface area contributed by atoms with Crippen LogP contribution in [0.3, 0.4) is 0 Å². The van der Waals surface area contributed by atoms with Crippen LogP contribution in [-0.4, -0.2) is 65.7 Å². The smallest absolute Gasteiger partial charge is 0.461 e. The number of hydrogen-bond acceptors (Lipinski definition) is 9. The number of hydrogen-bond donors (Lipinski definition) is 3. The Morgan fingerprint density at radius 3 is 1.61 bits per heavy atom. The highest BCUT2D eigenvalue weighted by molar-refractivity contribution is 7.47. The highest BCUT2D eigenvalue weighted by Crippen LogP contribution is 2.43. The van der Waals surface area contributed by atoms with Crippen LogP contribution in [-0.2, 0) is 32.7 Å². The Morgan fingerprint density at radius 1 is 0.647 bits per heavy atom. The van der Waals surface area contributed by atoms with Crippen LogP contribution in [0.1, 0.15) is 188 Å². The summed E-state index contributed by atoms with van der Waals surface area (Å²) in [6.07, 6.45) is 31.4. The highest BCUT2D eigenvalue weighted by atomic mass is 31.2. The van der Waals surface area contributed by atoms with Crippen LogP contribution in [0.4, 0.5) is 0 Å². The predicted molar refractivity (Wildman–Crippen MR) is 205 cm³/mol. The highest BCUT2D eigenvalue weighted by Gasteiger charge is 2.27. The van der Waals surface area contributed by atoms with Gasteiger partial charge in [-0.15, -0.1) is 0 Å². The van der Waals surface area contributed by atoms with Gasteiger partial charge < -0.3 is 24.6 Å². The minimum atomic E-state index is -4.62. The molecule has 0 aromatic carbocycles. The van der Waals surface area contributed by atoms with Crippen molar-refractivity contribution in [2.24, 2.45) is 5.92 Å². The quantitative estimate of drug-likeness (QED) is 0.0241. The van der Waals surface area contributed by atoms with Crippen LogP contribution in [0, 0.1) is 5.92 Å². The van der Waals surface area contributed by atoms with Crippen molar-refractivity contribution < 1.29 is 47.8 Å². The van der Waals surface area contributed by atoms with E-state index < -0.39 is 51.8 Å². The Labute approximate surface area is 311 Å². The molecule has 3 N–H and O–H groups in total. The number of unbranched alkanes of at least 4 members (excludes halogenated alkanes) is 21. The van der Waals surface area contributed by atoms with Crippen LogP contribution in [0.5, 0.6) is 0 Å². The van der Waals surface area contributed by atoms with E-state index in [9.17, 15) is 24.2 Å². The van der Waals surface area contributed by atoms with Crippen LogP contribution < -0.4 is 0 Å². The average molecular weight is 749 g/mol. The monoisotopic (exact) mass is 749 g/mol. The Balaban J connectivity index is 4.46. The Kier molecular flexibility index (Phi) is 34.8. The number of allylic oxidation sites excluding steroid dienone is 2. The van der Waals surface area contributed by atoms with Gasteiger partial charge in [-0.3, -0.25) is 18.6 Å². The lowest BCUT2D eigenvalue weighted by Crippen LogP contribution is -2.31. The maximum atomic E-state index is 12.7. The van der Waals surface area contributed by atoms with E-state index >= 15 is 0 Å². The zero-order chi connectivity index (χ0) is 37.8. The van der Waals surface area contributed by atoms with Gasteiger partial charge in [0, 0.05) is 6.42 Å². The number of ether oxygens (including phenoxy) is 2. The molecule has 0 aliphatic heterocycles. The van der Waals surface area contributed by atoms with Gasteiger partial charge in [0.25, 0.3) is 0 Å². The molecule has 0 spiro atoms. The first-order valence-corrected chi connectivity index (χ1v) is 22.1. The van der Waals surface area contributed by atoms with E-state index in [1.54, 1.807) is 0 Å². The van der Waals surface area contributed by atoms with Gasteiger partial charge in [-0.1, -0.05) is 155 Å². The molecule has 302 valence electrons. The zero-order valence-corrected chi connectivity index (χ0v) is 33.6. The summed E-state index contributed by atoms with van der Waals surface area (Å²) in [5.41, 5.74) is 0. The molecule has 0 rings (SSSR count). The standard InChI is InChI=1S/C40H77O10P/c1-4-6-8-10-12-14-16-17-18-19-21-23-25-27-29-31-39(43)50-38(35-49-51(45,46)48-33-37(42)32-41)34-47-40(44)36(3)30-28-26-24-22-20-15-13-11-9-7-5-2/h17-18,36-38,41-42H,4-16,19-35H2,1-3H3,(H,45,46)/b18-17+. The van der Waals surface area contributed by atoms with Crippen molar-refractivity contribution in [3.05, 3.63) is 12.2 Å². The van der Waals surface area contributed by atoms with Crippen molar-refractivity contribution >= 4 is 19.8 Å². The summed E-state index contributed by atoms with van der Waals surface area (Å²) in [6, 6.07) is 0. The molecule has 0 aliphatic carbocycles. The molecule has 10 nitrogen and oxygen atoms in total. The first-order valence-electron chi connectivity index (χ1n) is 20.6. The molecule has 0 radical (unpaired) electrons. The Bertz CT molecular complexity index is 883. The third-order valence-electron chi connectivity index (χ3n) is 9.06. The number of carbonyl (C=O) groups excluding carboxylic acids is 2. The van der Waals surface area contributed by atoms with Crippen LogP contribution in [0.2, 0.25) is 0 Å². The molecule has 0 bridgehead atoms. The second-order valence-electron chi connectivity index (χ2n) is 14.2. The summed E-state index contributed by atoms with van der Waals surface area (Å²) >= 11 is 0. The third-order valence-corrected chi connectivity index (χ3v) is 10.0. The van der Waals surface area contributed by atoms with E-state index in [1.807, 2.05) is 6.92 Å². The number of phosphoric acid groups is 1. The Hall–Kier alpha value is -1.29. The Morgan fingerprint density at radius 2 is 1.10 bits per heavy atom. The van der Waals surface area contributed by atoms with Crippen molar-refractivity contribution in [2.45, 2.75) is 200 Å². The molecule has 11 heteroatoms. The van der Waals surface area contributed by atoms with Crippen LogP contribution in [0.15, 0.2) is 12.2 Å². The van der Waals surface area contributed by atoms with Gasteiger partial charge in [0.15, 0.2) is 6.10 Å². The first kappa shape index (κ1) is 49.7. The number of rotatable bonds is 38. The van der Waals surface area contributed by atoms with Gasteiger partial charge in [0.05, 0.1) is 25.7 Å². The van der Waals surface area contributed by atoms with Gasteiger partial charge in [-0.05, 0) is 38.5 Å². The van der Waals surface area contributed by atoms with E-state index in [0.717, 1.165) is 57.8 Å². The molecule has 0 heterocycles. The summed E-state index contributed by atoms with van der Waals surface area (Å²) in [5.74, 6) is -1.26. The van der Waals surface area contributed by atoms with Crippen LogP contribution in [0.25, 0.3) is 0 Å². The van der Waals surface area contributed by atoms with Crippen molar-refractivity contribution in [3.8, 4) is 0 Å². The van der Waals surface area contributed by atoms with Crippen molar-refractivity contribution in [3.63, 3.8) is 0 Å². The lowest BCUT2D eigenvalue weighted by Gasteiger charge is -2.21. The van der Waals surface area contributed by atoms with E-state index in [4.69, 9.17) is 23.6 Å². The second-order valence-corrected chi connectivity index (χ2v) is 15.7. The van der Waals surface area contributed by atoms with E-state index in [1.165, 1.54) is 89.9 Å². The fourth-order valence-electron chi connectivity index (χ4n) is 5.70. The largest absolute Gasteiger partial charge is 0.472 e. The molecule has 4 atom stereocenters. The lowest BCUT2D eigenvalue weighted by atomic mass is 10.0. The van der Waals surface area contributed by atoms with Gasteiger partial charge in [-0.25, -0.2) is 4.57 Å². The van der Waals surface area contributed by atoms with Gasteiger partial charge in [0.2, 0.25) is 0 Å². The fourth-order valence-corrected chi connectivity index (χ4v) is 6.49. The summed E-state index contributed by atoms with van der Waals surface area (Å²) in [6.45, 7) is 4.16. The molecule has 0 fully saturated rings. The fraction of sp³-hybridized carbons (Fsp3) is 0.900. The van der Waals surface area contributed by atoms with Crippen LogP contribution >= 0.6 is 7.82 Å². The van der Waals surface area contributed by atoms with E-state index in [2.05, 4.69) is 26.0 Å². The molecule has 0 aromatic rings. The summed E-state index contributed by atoms with van der Waals surface area (Å²) in [5, 5.41) is 18.3. The van der Waals surface area contributed by atoms with Crippen molar-refractivity contribution in [1.82, 2.24) is 0 Å². The topological polar surface area (TPSA) is 149 Å². The average Bonchev–Trinajstić information content (AvgIpc) is 3.12. The minimum absolute atomic E-state index is 0.174. The molecular formula is C40H77O10P.